The number of aliphatic hydroxyl groups is 1. The second-order valence-electron chi connectivity index (χ2n) is 4.44. The first-order valence-corrected chi connectivity index (χ1v) is 7.78. The number of sulfone groups is 1. The molecule has 0 saturated heterocycles. The third-order valence-corrected chi connectivity index (χ3v) is 4.96. The van der Waals surface area contributed by atoms with Gasteiger partial charge in [0, 0.05) is 12.3 Å². The van der Waals surface area contributed by atoms with Crippen LogP contribution in [0.15, 0.2) is 24.3 Å². The van der Waals surface area contributed by atoms with Gasteiger partial charge in [0.25, 0.3) is 0 Å². The molecule has 2 N–H and O–H groups in total. The topological polar surface area (TPSA) is 83.5 Å². The SMILES string of the molecule is Cc1ccc(NC(=O)C(C)S(=O)(=O)CCCO)cc1. The monoisotopic (exact) mass is 285 g/mol. The lowest BCUT2D eigenvalue weighted by atomic mass is 10.2. The van der Waals surface area contributed by atoms with Crippen LogP contribution in [0.4, 0.5) is 5.69 Å². The predicted molar refractivity (Wildman–Crippen MR) is 74.8 cm³/mol. The van der Waals surface area contributed by atoms with Crippen molar-refractivity contribution in [2.75, 3.05) is 17.7 Å². The number of hydrogen-bond donors (Lipinski definition) is 2. The summed E-state index contributed by atoms with van der Waals surface area (Å²) in [7, 11) is -3.52. The number of carbonyl (C=O) groups excluding carboxylic acids is 1. The number of benzene rings is 1. The molecule has 1 unspecified atom stereocenters. The maximum atomic E-state index is 11.9. The quantitative estimate of drug-likeness (QED) is 0.820. The van der Waals surface area contributed by atoms with E-state index < -0.39 is 21.0 Å². The molecule has 1 atom stereocenters. The first-order chi connectivity index (χ1) is 8.86. The van der Waals surface area contributed by atoms with Gasteiger partial charge in [-0.3, -0.25) is 4.79 Å². The van der Waals surface area contributed by atoms with Crippen LogP contribution in [0.2, 0.25) is 0 Å². The van der Waals surface area contributed by atoms with Crippen molar-refractivity contribution in [3.63, 3.8) is 0 Å². The van der Waals surface area contributed by atoms with E-state index in [-0.39, 0.29) is 18.8 Å². The number of rotatable bonds is 6. The summed E-state index contributed by atoms with van der Waals surface area (Å²) >= 11 is 0. The van der Waals surface area contributed by atoms with Gasteiger partial charge < -0.3 is 10.4 Å². The molecule has 1 amide bonds. The van der Waals surface area contributed by atoms with Crippen LogP contribution in [-0.4, -0.2) is 37.0 Å². The summed E-state index contributed by atoms with van der Waals surface area (Å²) in [6.07, 6.45) is 0.143. The summed E-state index contributed by atoms with van der Waals surface area (Å²) in [5.41, 5.74) is 1.63. The van der Waals surface area contributed by atoms with Crippen LogP contribution in [0.3, 0.4) is 0 Å². The molecule has 0 spiro atoms. The average molecular weight is 285 g/mol. The third-order valence-electron chi connectivity index (χ3n) is 2.81. The molecule has 6 heteroatoms. The zero-order chi connectivity index (χ0) is 14.5. The highest BCUT2D eigenvalue weighted by atomic mass is 32.2. The Kier molecular flexibility index (Phi) is 5.50. The Hall–Kier alpha value is -1.40. The number of carbonyl (C=O) groups is 1. The highest BCUT2D eigenvalue weighted by Gasteiger charge is 2.27. The Bertz CT molecular complexity index is 522. The fourth-order valence-corrected chi connectivity index (χ4v) is 2.76. The molecule has 0 bridgehead atoms. The lowest BCUT2D eigenvalue weighted by Crippen LogP contribution is -2.34. The van der Waals surface area contributed by atoms with Crippen LogP contribution in [0.25, 0.3) is 0 Å². The lowest BCUT2D eigenvalue weighted by molar-refractivity contribution is -0.115. The number of nitrogens with one attached hydrogen (secondary N) is 1. The van der Waals surface area contributed by atoms with Crippen molar-refractivity contribution >= 4 is 21.4 Å². The van der Waals surface area contributed by atoms with Gasteiger partial charge in [0.1, 0.15) is 5.25 Å². The maximum absolute atomic E-state index is 11.9. The fourth-order valence-electron chi connectivity index (χ4n) is 1.49. The maximum Gasteiger partial charge on any atom is 0.242 e. The van der Waals surface area contributed by atoms with Crippen molar-refractivity contribution < 1.29 is 18.3 Å². The van der Waals surface area contributed by atoms with Crippen molar-refractivity contribution in [3.8, 4) is 0 Å². The second kappa shape index (κ2) is 6.68. The van der Waals surface area contributed by atoms with Crippen LogP contribution >= 0.6 is 0 Å². The van der Waals surface area contributed by atoms with E-state index in [4.69, 9.17) is 5.11 Å². The number of hydrogen-bond acceptors (Lipinski definition) is 4. The predicted octanol–water partition coefficient (Wildman–Crippen LogP) is 1.12. The highest BCUT2D eigenvalue weighted by Crippen LogP contribution is 2.11. The molecule has 19 heavy (non-hydrogen) atoms. The van der Waals surface area contributed by atoms with Gasteiger partial charge in [-0.1, -0.05) is 17.7 Å². The van der Waals surface area contributed by atoms with Crippen LogP contribution in [0, 0.1) is 6.92 Å². The summed E-state index contributed by atoms with van der Waals surface area (Å²) in [4.78, 5) is 11.9. The Morgan fingerprint density at radius 1 is 1.32 bits per heavy atom. The van der Waals surface area contributed by atoms with Crippen LogP contribution < -0.4 is 5.32 Å². The van der Waals surface area contributed by atoms with Gasteiger partial charge in [0.2, 0.25) is 5.91 Å². The summed E-state index contributed by atoms with van der Waals surface area (Å²) in [6, 6.07) is 7.11. The molecule has 0 saturated carbocycles. The first-order valence-electron chi connectivity index (χ1n) is 6.07. The molecule has 0 aliphatic rings. The average Bonchev–Trinajstić information content (AvgIpc) is 2.38. The molecular formula is C13H19NO4S. The Morgan fingerprint density at radius 2 is 1.89 bits per heavy atom. The van der Waals surface area contributed by atoms with Gasteiger partial charge in [-0.05, 0) is 32.4 Å². The van der Waals surface area contributed by atoms with Crippen molar-refractivity contribution in [2.45, 2.75) is 25.5 Å². The van der Waals surface area contributed by atoms with Gasteiger partial charge in [-0.25, -0.2) is 8.42 Å². The summed E-state index contributed by atoms with van der Waals surface area (Å²) in [5.74, 6) is -0.742. The molecule has 0 aliphatic heterocycles. The molecule has 5 nitrogen and oxygen atoms in total. The molecular weight excluding hydrogens is 266 g/mol. The Balaban J connectivity index is 2.69. The number of anilines is 1. The van der Waals surface area contributed by atoms with E-state index in [2.05, 4.69) is 5.32 Å². The van der Waals surface area contributed by atoms with Gasteiger partial charge in [-0.15, -0.1) is 0 Å². The van der Waals surface area contributed by atoms with E-state index in [1.54, 1.807) is 12.1 Å². The van der Waals surface area contributed by atoms with Gasteiger partial charge >= 0.3 is 0 Å². The van der Waals surface area contributed by atoms with Crippen molar-refractivity contribution in [1.29, 1.82) is 0 Å². The fraction of sp³-hybridized carbons (Fsp3) is 0.462. The first kappa shape index (κ1) is 15.7. The molecule has 1 aromatic carbocycles. The van der Waals surface area contributed by atoms with Crippen molar-refractivity contribution in [3.05, 3.63) is 29.8 Å². The van der Waals surface area contributed by atoms with Gasteiger partial charge in [0.15, 0.2) is 9.84 Å². The largest absolute Gasteiger partial charge is 0.396 e. The van der Waals surface area contributed by atoms with Gasteiger partial charge in [0.05, 0.1) is 5.75 Å². The lowest BCUT2D eigenvalue weighted by Gasteiger charge is -2.13. The molecule has 106 valence electrons. The zero-order valence-electron chi connectivity index (χ0n) is 11.1. The third kappa shape index (κ3) is 4.65. The van der Waals surface area contributed by atoms with Crippen LogP contribution in [-0.2, 0) is 14.6 Å². The van der Waals surface area contributed by atoms with E-state index in [0.717, 1.165) is 5.56 Å². The molecule has 1 aromatic rings. The molecule has 0 heterocycles. The molecule has 0 fully saturated rings. The van der Waals surface area contributed by atoms with E-state index >= 15 is 0 Å². The van der Waals surface area contributed by atoms with E-state index in [1.807, 2.05) is 19.1 Å². The Morgan fingerprint density at radius 3 is 2.42 bits per heavy atom. The Labute approximate surface area is 113 Å². The molecule has 0 aliphatic carbocycles. The smallest absolute Gasteiger partial charge is 0.242 e. The zero-order valence-corrected chi connectivity index (χ0v) is 11.9. The number of amides is 1. The van der Waals surface area contributed by atoms with Crippen molar-refractivity contribution in [2.24, 2.45) is 0 Å². The van der Waals surface area contributed by atoms with Crippen LogP contribution in [0.5, 0.6) is 0 Å². The summed E-state index contributed by atoms with van der Waals surface area (Å²) in [6.45, 7) is 3.08. The normalized spacial score (nSPS) is 13.0. The van der Waals surface area contributed by atoms with E-state index in [9.17, 15) is 13.2 Å². The summed E-state index contributed by atoms with van der Waals surface area (Å²) in [5, 5.41) is 10.1. The molecule has 1 rings (SSSR count). The number of aryl methyl sites for hydroxylation is 1. The van der Waals surface area contributed by atoms with Gasteiger partial charge in [-0.2, -0.15) is 0 Å². The molecule has 0 radical (unpaired) electrons. The second-order valence-corrected chi connectivity index (χ2v) is 6.88. The standard InChI is InChI=1S/C13H19NO4S/c1-10-4-6-12(7-5-10)14-13(16)11(2)19(17,18)9-3-8-15/h4-7,11,15H,3,8-9H2,1-2H3,(H,14,16). The van der Waals surface area contributed by atoms with E-state index in [0.29, 0.717) is 5.69 Å². The minimum absolute atomic E-state index is 0.143. The minimum Gasteiger partial charge on any atom is -0.396 e. The minimum atomic E-state index is -3.52. The van der Waals surface area contributed by atoms with E-state index in [1.165, 1.54) is 6.92 Å². The summed E-state index contributed by atoms with van der Waals surface area (Å²) < 4.78 is 23.6. The number of aliphatic hydroxyl groups excluding tert-OH is 1. The highest BCUT2D eigenvalue weighted by molar-refractivity contribution is 7.92. The molecule has 0 aromatic heterocycles. The van der Waals surface area contributed by atoms with Crippen LogP contribution in [0.1, 0.15) is 18.9 Å². The van der Waals surface area contributed by atoms with Crippen molar-refractivity contribution in [1.82, 2.24) is 0 Å².